The minimum atomic E-state index is -1.15. The zero-order valence-electron chi connectivity index (χ0n) is 11.8. The maximum absolute atomic E-state index is 11.7. The summed E-state index contributed by atoms with van der Waals surface area (Å²) in [6, 6.07) is 0. The molecule has 2 aliphatic carbocycles. The number of hydrogen-bond acceptors (Lipinski definition) is 4. The molecule has 0 aromatic rings. The second-order valence-electron chi connectivity index (χ2n) is 6.76. The van der Waals surface area contributed by atoms with Crippen LogP contribution in [-0.4, -0.2) is 34.0 Å². The van der Waals surface area contributed by atoms with Crippen molar-refractivity contribution in [3.63, 3.8) is 0 Å². The molecule has 3 rings (SSSR count). The standard InChI is InChI=1S/C15H22O4/c1-8-4-5-12(16)15(18)7-11-10(6-14(8,15)3)9(2)13(17)19-11/h8,11-12,16,18H,4-7H2,1-3H3/t8-,11+,12+,14+,15-/m0/s1. The van der Waals surface area contributed by atoms with E-state index in [1.807, 2.05) is 6.92 Å². The van der Waals surface area contributed by atoms with E-state index in [1.54, 1.807) is 6.92 Å². The lowest BCUT2D eigenvalue weighted by Gasteiger charge is -2.58. The molecule has 0 bridgehead atoms. The summed E-state index contributed by atoms with van der Waals surface area (Å²) in [6.45, 7) is 5.97. The number of esters is 1. The van der Waals surface area contributed by atoms with Crippen molar-refractivity contribution in [2.24, 2.45) is 11.3 Å². The number of aliphatic hydroxyl groups is 2. The third-order valence-electron chi connectivity index (χ3n) is 5.98. The van der Waals surface area contributed by atoms with Gasteiger partial charge in [-0.25, -0.2) is 4.79 Å². The van der Waals surface area contributed by atoms with Crippen LogP contribution in [0.15, 0.2) is 11.1 Å². The first kappa shape index (κ1) is 13.1. The summed E-state index contributed by atoms with van der Waals surface area (Å²) in [5, 5.41) is 21.3. The molecule has 106 valence electrons. The summed E-state index contributed by atoms with van der Waals surface area (Å²) in [5.41, 5.74) is 0.189. The van der Waals surface area contributed by atoms with E-state index in [-0.39, 0.29) is 17.5 Å². The van der Waals surface area contributed by atoms with Crippen molar-refractivity contribution in [3.05, 3.63) is 11.1 Å². The number of rotatable bonds is 0. The SMILES string of the molecule is CC1=C2C[C@]3(C)[C@@H](C)CC[C@@H](O)[C@@]3(O)C[C@H]2OC1=O. The molecule has 0 unspecified atom stereocenters. The molecule has 0 aromatic carbocycles. The van der Waals surface area contributed by atoms with Gasteiger partial charge >= 0.3 is 5.97 Å². The highest BCUT2D eigenvalue weighted by atomic mass is 16.5. The minimum Gasteiger partial charge on any atom is -0.454 e. The van der Waals surface area contributed by atoms with E-state index in [9.17, 15) is 15.0 Å². The first-order chi connectivity index (χ1) is 8.79. The van der Waals surface area contributed by atoms with Crippen molar-refractivity contribution in [2.45, 2.75) is 64.3 Å². The Balaban J connectivity index is 2.06. The highest BCUT2D eigenvalue weighted by Crippen LogP contribution is 2.58. The molecule has 1 heterocycles. The van der Waals surface area contributed by atoms with Crippen LogP contribution in [0.3, 0.4) is 0 Å². The zero-order chi connectivity index (χ0) is 14.0. The number of fused-ring (bicyclic) bond motifs is 2. The molecule has 0 aromatic heterocycles. The Labute approximate surface area is 113 Å². The highest BCUT2D eigenvalue weighted by Gasteiger charge is 2.62. The molecular formula is C15H22O4. The van der Waals surface area contributed by atoms with Gasteiger partial charge in [0, 0.05) is 17.4 Å². The molecule has 19 heavy (non-hydrogen) atoms. The monoisotopic (exact) mass is 266 g/mol. The van der Waals surface area contributed by atoms with Crippen molar-refractivity contribution in [2.75, 3.05) is 0 Å². The van der Waals surface area contributed by atoms with Crippen LogP contribution in [0.5, 0.6) is 0 Å². The van der Waals surface area contributed by atoms with Crippen LogP contribution in [-0.2, 0) is 9.53 Å². The summed E-state index contributed by atoms with van der Waals surface area (Å²) in [4.78, 5) is 11.7. The lowest BCUT2D eigenvalue weighted by Crippen LogP contribution is -2.64. The molecule has 0 saturated heterocycles. The Hall–Kier alpha value is -0.870. The van der Waals surface area contributed by atoms with Crippen molar-refractivity contribution >= 4 is 5.97 Å². The second-order valence-corrected chi connectivity index (χ2v) is 6.76. The summed E-state index contributed by atoms with van der Waals surface area (Å²) in [5.74, 6) is 0.0471. The van der Waals surface area contributed by atoms with Gasteiger partial charge in [-0.2, -0.15) is 0 Å². The quantitative estimate of drug-likeness (QED) is 0.653. The Morgan fingerprint density at radius 2 is 2.05 bits per heavy atom. The first-order valence-electron chi connectivity index (χ1n) is 7.10. The van der Waals surface area contributed by atoms with Gasteiger partial charge in [-0.1, -0.05) is 13.8 Å². The molecule has 4 heteroatoms. The fraction of sp³-hybridized carbons (Fsp3) is 0.800. The molecule has 1 aliphatic heterocycles. The maximum atomic E-state index is 11.7. The van der Waals surface area contributed by atoms with Crippen LogP contribution in [0.25, 0.3) is 0 Å². The van der Waals surface area contributed by atoms with Gasteiger partial charge in [0.15, 0.2) is 0 Å². The normalized spacial score (nSPS) is 49.7. The molecule has 0 radical (unpaired) electrons. The van der Waals surface area contributed by atoms with Gasteiger partial charge in [-0.15, -0.1) is 0 Å². The van der Waals surface area contributed by atoms with Gasteiger partial charge in [0.2, 0.25) is 0 Å². The fourth-order valence-corrected chi connectivity index (χ4v) is 4.22. The van der Waals surface area contributed by atoms with Gasteiger partial charge < -0.3 is 14.9 Å². The van der Waals surface area contributed by atoms with E-state index in [1.165, 1.54) is 0 Å². The van der Waals surface area contributed by atoms with E-state index in [2.05, 4.69) is 6.92 Å². The summed E-state index contributed by atoms with van der Waals surface area (Å²) in [6.07, 6.45) is 1.43. The van der Waals surface area contributed by atoms with E-state index in [4.69, 9.17) is 4.74 Å². The average Bonchev–Trinajstić information content (AvgIpc) is 2.61. The average molecular weight is 266 g/mol. The molecular weight excluding hydrogens is 244 g/mol. The Bertz CT molecular complexity index is 469. The van der Waals surface area contributed by atoms with Crippen LogP contribution >= 0.6 is 0 Å². The summed E-state index contributed by atoms with van der Waals surface area (Å²) >= 11 is 0. The summed E-state index contributed by atoms with van der Waals surface area (Å²) in [7, 11) is 0. The number of aliphatic hydroxyl groups excluding tert-OH is 1. The smallest absolute Gasteiger partial charge is 0.334 e. The van der Waals surface area contributed by atoms with Gasteiger partial charge in [0.25, 0.3) is 0 Å². The Morgan fingerprint density at radius 3 is 2.74 bits per heavy atom. The molecule has 3 aliphatic rings. The Morgan fingerprint density at radius 1 is 1.37 bits per heavy atom. The fourth-order valence-electron chi connectivity index (χ4n) is 4.22. The number of hydrogen-bond donors (Lipinski definition) is 2. The van der Waals surface area contributed by atoms with Crippen molar-refractivity contribution < 1.29 is 19.7 Å². The second kappa shape index (κ2) is 3.83. The van der Waals surface area contributed by atoms with E-state index >= 15 is 0 Å². The lowest BCUT2D eigenvalue weighted by molar-refractivity contribution is -0.221. The third kappa shape index (κ3) is 1.50. The molecule has 2 N–H and O–H groups in total. The van der Waals surface area contributed by atoms with Crippen molar-refractivity contribution in [1.29, 1.82) is 0 Å². The first-order valence-corrected chi connectivity index (χ1v) is 7.10. The van der Waals surface area contributed by atoms with E-state index in [0.29, 0.717) is 30.8 Å². The van der Waals surface area contributed by atoms with Crippen molar-refractivity contribution in [3.8, 4) is 0 Å². The molecule has 5 atom stereocenters. The third-order valence-corrected chi connectivity index (χ3v) is 5.98. The molecule has 0 spiro atoms. The predicted molar refractivity (Wildman–Crippen MR) is 69.3 cm³/mol. The molecule has 2 saturated carbocycles. The van der Waals surface area contributed by atoms with Crippen LogP contribution in [0, 0.1) is 11.3 Å². The topological polar surface area (TPSA) is 66.8 Å². The van der Waals surface area contributed by atoms with Gasteiger partial charge in [-0.3, -0.25) is 0 Å². The van der Waals surface area contributed by atoms with Crippen LogP contribution in [0.2, 0.25) is 0 Å². The highest BCUT2D eigenvalue weighted by molar-refractivity contribution is 5.91. The van der Waals surface area contributed by atoms with Gasteiger partial charge in [0.05, 0.1) is 6.10 Å². The van der Waals surface area contributed by atoms with E-state index < -0.39 is 11.7 Å². The molecule has 2 fully saturated rings. The lowest BCUT2D eigenvalue weighted by atomic mass is 9.51. The zero-order valence-corrected chi connectivity index (χ0v) is 11.8. The number of ether oxygens (including phenoxy) is 1. The largest absolute Gasteiger partial charge is 0.454 e. The number of carbonyl (C=O) groups excluding carboxylic acids is 1. The Kier molecular flexibility index (Phi) is 2.64. The maximum Gasteiger partial charge on any atom is 0.334 e. The van der Waals surface area contributed by atoms with Gasteiger partial charge in [-0.05, 0) is 37.7 Å². The van der Waals surface area contributed by atoms with Crippen LogP contribution in [0.1, 0.15) is 46.5 Å². The van der Waals surface area contributed by atoms with E-state index in [0.717, 1.165) is 12.0 Å². The van der Waals surface area contributed by atoms with Gasteiger partial charge in [0.1, 0.15) is 11.7 Å². The molecule has 0 amide bonds. The van der Waals surface area contributed by atoms with Crippen molar-refractivity contribution in [1.82, 2.24) is 0 Å². The predicted octanol–water partition coefficient (Wildman–Crippen LogP) is 1.55. The van der Waals surface area contributed by atoms with Crippen LogP contribution < -0.4 is 0 Å². The summed E-state index contributed by atoms with van der Waals surface area (Å²) < 4.78 is 5.34. The van der Waals surface area contributed by atoms with Crippen LogP contribution in [0.4, 0.5) is 0 Å². The molecule has 4 nitrogen and oxygen atoms in total. The minimum absolute atomic E-state index is 0.270. The number of carbonyl (C=O) groups is 1.